The van der Waals surface area contributed by atoms with E-state index in [0.29, 0.717) is 31.7 Å². The third-order valence-corrected chi connectivity index (χ3v) is 5.91. The zero-order chi connectivity index (χ0) is 22.5. The van der Waals surface area contributed by atoms with Gasteiger partial charge >= 0.3 is 0 Å². The van der Waals surface area contributed by atoms with Crippen LogP contribution in [-0.4, -0.2) is 47.9 Å². The number of ether oxygens (including phenoxy) is 1. The monoisotopic (exact) mass is 429 g/mol. The predicted molar refractivity (Wildman–Crippen MR) is 125 cm³/mol. The molecule has 0 bridgehead atoms. The number of aromatic nitrogens is 1. The van der Waals surface area contributed by atoms with Gasteiger partial charge in [0.05, 0.1) is 12.8 Å². The summed E-state index contributed by atoms with van der Waals surface area (Å²) in [6.45, 7) is 2.76. The normalized spacial score (nSPS) is 16.2. The van der Waals surface area contributed by atoms with Gasteiger partial charge in [-0.3, -0.25) is 14.6 Å². The van der Waals surface area contributed by atoms with E-state index < -0.39 is 6.04 Å². The molecule has 1 atom stereocenters. The quantitative estimate of drug-likeness (QED) is 0.595. The van der Waals surface area contributed by atoms with Crippen molar-refractivity contribution in [1.82, 2.24) is 9.88 Å². The first-order valence-electron chi connectivity index (χ1n) is 10.9. The van der Waals surface area contributed by atoms with E-state index in [1.165, 1.54) is 0 Å². The van der Waals surface area contributed by atoms with Gasteiger partial charge in [-0.2, -0.15) is 0 Å². The van der Waals surface area contributed by atoms with E-state index in [2.05, 4.69) is 4.98 Å². The summed E-state index contributed by atoms with van der Waals surface area (Å²) >= 11 is 0. The van der Waals surface area contributed by atoms with Crippen LogP contribution >= 0.6 is 0 Å². The Hall–Kier alpha value is -3.67. The number of rotatable bonds is 6. The van der Waals surface area contributed by atoms with E-state index in [1.54, 1.807) is 29.3 Å². The van der Waals surface area contributed by atoms with Crippen molar-refractivity contribution in [3.63, 3.8) is 0 Å². The third-order valence-electron chi connectivity index (χ3n) is 5.91. The molecule has 0 N–H and O–H groups in total. The lowest BCUT2D eigenvalue weighted by atomic mass is 9.93. The van der Waals surface area contributed by atoms with Gasteiger partial charge in [-0.15, -0.1) is 0 Å². The lowest BCUT2D eigenvalue weighted by Crippen LogP contribution is -2.59. The second-order valence-corrected chi connectivity index (χ2v) is 7.72. The van der Waals surface area contributed by atoms with Crippen molar-refractivity contribution in [2.45, 2.75) is 25.8 Å². The Bertz CT molecular complexity index is 1100. The summed E-state index contributed by atoms with van der Waals surface area (Å²) in [4.78, 5) is 34.1. The number of amides is 2. The van der Waals surface area contributed by atoms with Gasteiger partial charge in [0.1, 0.15) is 11.8 Å². The molecule has 0 saturated carbocycles. The number of benzene rings is 2. The zero-order valence-corrected chi connectivity index (χ0v) is 18.4. The average molecular weight is 430 g/mol. The molecule has 0 unspecified atom stereocenters. The van der Waals surface area contributed by atoms with E-state index in [4.69, 9.17) is 4.74 Å². The predicted octanol–water partition coefficient (Wildman–Crippen LogP) is 3.95. The standard InChI is InChI=1S/C26H27N3O3/c1-3-25(30)28-16-17-29(22-10-6-7-11-24(22)32-2)26(31)23(28)18-20-8-4-5-9-21(20)19-12-14-27-15-13-19/h4-15,23H,3,16-18H2,1-2H3/t23-/m0/s1. The molecule has 3 aromatic rings. The Labute approximate surface area is 188 Å². The number of nitrogens with zero attached hydrogens (tertiary/aromatic N) is 3. The van der Waals surface area contributed by atoms with E-state index in [1.807, 2.05) is 67.6 Å². The molecule has 1 aliphatic rings. The first-order chi connectivity index (χ1) is 15.6. The molecule has 1 aliphatic heterocycles. The van der Waals surface area contributed by atoms with E-state index in [0.717, 1.165) is 22.4 Å². The number of anilines is 1. The summed E-state index contributed by atoms with van der Waals surface area (Å²) in [6, 6.07) is 18.9. The fourth-order valence-corrected chi connectivity index (χ4v) is 4.30. The molecular weight excluding hydrogens is 402 g/mol. The molecule has 0 aliphatic carbocycles. The number of methoxy groups -OCH3 is 1. The van der Waals surface area contributed by atoms with Crippen LogP contribution in [0, 0.1) is 0 Å². The van der Waals surface area contributed by atoms with E-state index in [-0.39, 0.29) is 11.8 Å². The molecule has 4 rings (SSSR count). The van der Waals surface area contributed by atoms with Crippen molar-refractivity contribution >= 4 is 17.5 Å². The van der Waals surface area contributed by atoms with Crippen LogP contribution in [0.2, 0.25) is 0 Å². The van der Waals surface area contributed by atoms with Crippen LogP contribution < -0.4 is 9.64 Å². The van der Waals surface area contributed by atoms with E-state index in [9.17, 15) is 9.59 Å². The first-order valence-corrected chi connectivity index (χ1v) is 10.9. The van der Waals surface area contributed by atoms with E-state index >= 15 is 0 Å². The highest BCUT2D eigenvalue weighted by molar-refractivity contribution is 6.01. The molecule has 2 heterocycles. The summed E-state index contributed by atoms with van der Waals surface area (Å²) in [5, 5.41) is 0. The van der Waals surface area contributed by atoms with Gasteiger partial charge in [0.25, 0.3) is 0 Å². The van der Waals surface area contributed by atoms with Crippen molar-refractivity contribution in [3.05, 3.63) is 78.6 Å². The minimum Gasteiger partial charge on any atom is -0.495 e. The van der Waals surface area contributed by atoms with Crippen molar-refractivity contribution < 1.29 is 14.3 Å². The third kappa shape index (κ3) is 4.21. The number of para-hydroxylation sites is 2. The lowest BCUT2D eigenvalue weighted by molar-refractivity contribution is -0.141. The fourth-order valence-electron chi connectivity index (χ4n) is 4.30. The van der Waals surface area contributed by atoms with Gasteiger partial charge in [-0.05, 0) is 41.0 Å². The summed E-state index contributed by atoms with van der Waals surface area (Å²) in [6.07, 6.45) is 4.32. The summed E-state index contributed by atoms with van der Waals surface area (Å²) in [5.41, 5.74) is 3.83. The number of carbonyl (C=O) groups excluding carboxylic acids is 2. The molecule has 6 heteroatoms. The number of hydrogen-bond acceptors (Lipinski definition) is 4. The van der Waals surface area contributed by atoms with Crippen molar-refractivity contribution in [1.29, 1.82) is 0 Å². The summed E-state index contributed by atoms with van der Waals surface area (Å²) < 4.78 is 5.49. The molecule has 1 saturated heterocycles. The Morgan fingerprint density at radius 1 is 1.03 bits per heavy atom. The second-order valence-electron chi connectivity index (χ2n) is 7.72. The van der Waals surface area contributed by atoms with Crippen molar-refractivity contribution in [2.24, 2.45) is 0 Å². The maximum Gasteiger partial charge on any atom is 0.250 e. The van der Waals surface area contributed by atoms with Gasteiger partial charge in [0, 0.05) is 38.3 Å². The molecule has 2 amide bonds. The van der Waals surface area contributed by atoms with Crippen LogP contribution in [0.5, 0.6) is 5.75 Å². The number of hydrogen-bond donors (Lipinski definition) is 0. The van der Waals surface area contributed by atoms with Crippen LogP contribution in [-0.2, 0) is 16.0 Å². The smallest absolute Gasteiger partial charge is 0.250 e. The van der Waals surface area contributed by atoms with Gasteiger partial charge in [-0.1, -0.05) is 43.3 Å². The number of carbonyl (C=O) groups is 2. The maximum absolute atomic E-state index is 13.7. The SMILES string of the molecule is CCC(=O)N1CCN(c2ccccc2OC)C(=O)[C@@H]1Cc1ccccc1-c1ccncc1. The summed E-state index contributed by atoms with van der Waals surface area (Å²) in [5.74, 6) is 0.545. The molecule has 6 nitrogen and oxygen atoms in total. The van der Waals surface area contributed by atoms with Gasteiger partial charge in [-0.25, -0.2) is 0 Å². The highest BCUT2D eigenvalue weighted by Crippen LogP contribution is 2.32. The second kappa shape index (κ2) is 9.64. The largest absolute Gasteiger partial charge is 0.495 e. The maximum atomic E-state index is 13.7. The molecule has 2 aromatic carbocycles. The van der Waals surface area contributed by atoms with Crippen LogP contribution in [0.15, 0.2) is 73.1 Å². The molecule has 164 valence electrons. The topological polar surface area (TPSA) is 62.7 Å². The molecular formula is C26H27N3O3. The molecule has 1 fully saturated rings. The van der Waals surface area contributed by atoms with Gasteiger partial charge in [0.15, 0.2) is 0 Å². The summed E-state index contributed by atoms with van der Waals surface area (Å²) in [7, 11) is 1.60. The Morgan fingerprint density at radius 2 is 1.75 bits per heavy atom. The Kier molecular flexibility index (Phi) is 6.50. The minimum absolute atomic E-state index is 0.00980. The van der Waals surface area contributed by atoms with Crippen LogP contribution in [0.1, 0.15) is 18.9 Å². The fraction of sp³-hybridized carbons (Fsp3) is 0.269. The van der Waals surface area contributed by atoms with Gasteiger partial charge in [0.2, 0.25) is 11.8 Å². The molecule has 0 spiro atoms. The van der Waals surface area contributed by atoms with Crippen LogP contribution in [0.25, 0.3) is 11.1 Å². The highest BCUT2D eigenvalue weighted by atomic mass is 16.5. The lowest BCUT2D eigenvalue weighted by Gasteiger charge is -2.41. The van der Waals surface area contributed by atoms with Crippen LogP contribution in [0.4, 0.5) is 5.69 Å². The Balaban J connectivity index is 1.71. The number of pyridine rings is 1. The van der Waals surface area contributed by atoms with Crippen molar-refractivity contribution in [3.8, 4) is 16.9 Å². The van der Waals surface area contributed by atoms with Crippen LogP contribution in [0.3, 0.4) is 0 Å². The van der Waals surface area contributed by atoms with Gasteiger partial charge < -0.3 is 14.5 Å². The molecule has 0 radical (unpaired) electrons. The van der Waals surface area contributed by atoms with Crippen molar-refractivity contribution in [2.75, 3.05) is 25.1 Å². The molecule has 1 aromatic heterocycles. The Morgan fingerprint density at radius 3 is 2.50 bits per heavy atom. The minimum atomic E-state index is -0.580. The highest BCUT2D eigenvalue weighted by Gasteiger charge is 2.38. The first kappa shape index (κ1) is 21.6. The molecule has 32 heavy (non-hydrogen) atoms. The number of piperazine rings is 1. The zero-order valence-electron chi connectivity index (χ0n) is 18.4. The average Bonchev–Trinajstić information content (AvgIpc) is 2.85.